The molecule has 1 aromatic heterocycles. The zero-order chi connectivity index (χ0) is 19.2. The number of fused-ring (bicyclic) bond motifs is 1. The van der Waals surface area contributed by atoms with Crippen LogP contribution in [0.15, 0.2) is 66.9 Å². The van der Waals surface area contributed by atoms with Crippen molar-refractivity contribution in [3.05, 3.63) is 83.7 Å². The fourth-order valence-corrected chi connectivity index (χ4v) is 2.84. The van der Waals surface area contributed by atoms with Gasteiger partial charge < -0.3 is 14.8 Å². The van der Waals surface area contributed by atoms with Gasteiger partial charge in [-0.1, -0.05) is 24.1 Å². The first-order valence-electron chi connectivity index (χ1n) is 8.98. The number of benzene rings is 2. The van der Waals surface area contributed by atoms with Crippen LogP contribution in [-0.4, -0.2) is 24.1 Å². The van der Waals surface area contributed by atoms with Crippen LogP contribution >= 0.6 is 0 Å². The minimum Gasteiger partial charge on any atom is -0.486 e. The van der Waals surface area contributed by atoms with Gasteiger partial charge in [-0.2, -0.15) is 0 Å². The van der Waals surface area contributed by atoms with Crippen LogP contribution in [0.2, 0.25) is 0 Å². The van der Waals surface area contributed by atoms with Crippen molar-refractivity contribution in [3.63, 3.8) is 0 Å². The number of ether oxygens (including phenoxy) is 2. The topological polar surface area (TPSA) is 60.5 Å². The van der Waals surface area contributed by atoms with E-state index in [9.17, 15) is 4.79 Å². The van der Waals surface area contributed by atoms with Crippen LogP contribution < -0.4 is 14.8 Å². The van der Waals surface area contributed by atoms with Crippen LogP contribution in [0.4, 0.5) is 5.69 Å². The molecule has 28 heavy (non-hydrogen) atoms. The van der Waals surface area contributed by atoms with Gasteiger partial charge >= 0.3 is 0 Å². The molecule has 1 aliphatic heterocycles. The third-order valence-corrected chi connectivity index (χ3v) is 4.12. The number of carbonyl (C=O) groups excluding carboxylic acids is 1. The minimum atomic E-state index is -0.105. The maximum atomic E-state index is 12.4. The smallest absolute Gasteiger partial charge is 0.228 e. The summed E-state index contributed by atoms with van der Waals surface area (Å²) < 4.78 is 11.1. The van der Waals surface area contributed by atoms with Crippen molar-refractivity contribution in [1.29, 1.82) is 0 Å². The van der Waals surface area contributed by atoms with Gasteiger partial charge in [0.2, 0.25) is 5.91 Å². The highest BCUT2D eigenvalue weighted by Crippen LogP contribution is 2.30. The van der Waals surface area contributed by atoms with E-state index in [1.807, 2.05) is 60.7 Å². The van der Waals surface area contributed by atoms with Crippen molar-refractivity contribution < 1.29 is 14.3 Å². The van der Waals surface area contributed by atoms with Crippen LogP contribution in [0.25, 0.3) is 0 Å². The predicted molar refractivity (Wildman–Crippen MR) is 106 cm³/mol. The Bertz CT molecular complexity index is 1050. The summed E-state index contributed by atoms with van der Waals surface area (Å²) in [6.45, 7) is 1.07. The summed E-state index contributed by atoms with van der Waals surface area (Å²) in [7, 11) is 0. The van der Waals surface area contributed by atoms with Crippen molar-refractivity contribution in [3.8, 4) is 23.3 Å². The van der Waals surface area contributed by atoms with E-state index in [0.29, 0.717) is 30.3 Å². The average Bonchev–Trinajstić information content (AvgIpc) is 2.73. The fourth-order valence-electron chi connectivity index (χ4n) is 2.84. The molecule has 2 aromatic carbocycles. The Hall–Kier alpha value is -3.78. The van der Waals surface area contributed by atoms with Crippen molar-refractivity contribution in [2.75, 3.05) is 18.5 Å². The number of nitrogens with one attached hydrogen (secondary N) is 1. The predicted octanol–water partition coefficient (Wildman–Crippen LogP) is 3.43. The molecular formula is C23H18N2O3. The molecule has 0 saturated carbocycles. The zero-order valence-electron chi connectivity index (χ0n) is 15.1. The minimum absolute atomic E-state index is 0.105. The Morgan fingerprint density at radius 2 is 1.86 bits per heavy atom. The van der Waals surface area contributed by atoms with E-state index in [2.05, 4.69) is 22.1 Å². The normalized spacial score (nSPS) is 11.9. The van der Waals surface area contributed by atoms with Gasteiger partial charge in [0.05, 0.1) is 6.42 Å². The molecule has 0 radical (unpaired) electrons. The molecule has 2 heterocycles. The Morgan fingerprint density at radius 1 is 0.964 bits per heavy atom. The lowest BCUT2D eigenvalue weighted by atomic mass is 10.1. The third-order valence-electron chi connectivity index (χ3n) is 4.12. The van der Waals surface area contributed by atoms with E-state index in [-0.39, 0.29) is 12.3 Å². The summed E-state index contributed by atoms with van der Waals surface area (Å²) >= 11 is 0. The molecule has 138 valence electrons. The second kappa shape index (κ2) is 8.28. The fraction of sp³-hybridized carbons (Fsp3) is 0.130. The largest absolute Gasteiger partial charge is 0.486 e. The molecule has 0 bridgehead atoms. The molecule has 0 aliphatic carbocycles. The number of amides is 1. The maximum Gasteiger partial charge on any atom is 0.228 e. The molecule has 0 atom stereocenters. The summed E-state index contributed by atoms with van der Waals surface area (Å²) in [6.07, 6.45) is 1.96. The highest BCUT2D eigenvalue weighted by molar-refractivity contribution is 5.92. The van der Waals surface area contributed by atoms with Crippen molar-refractivity contribution in [2.45, 2.75) is 6.42 Å². The van der Waals surface area contributed by atoms with Crippen LogP contribution in [0.3, 0.4) is 0 Å². The number of hydrogen-bond acceptors (Lipinski definition) is 4. The molecule has 1 aliphatic rings. The van der Waals surface area contributed by atoms with Crippen LogP contribution in [-0.2, 0) is 11.2 Å². The first-order valence-corrected chi connectivity index (χ1v) is 8.98. The molecule has 0 spiro atoms. The Balaban J connectivity index is 1.41. The van der Waals surface area contributed by atoms with Gasteiger partial charge in [0.1, 0.15) is 18.9 Å². The molecule has 5 heteroatoms. The first kappa shape index (κ1) is 17.6. The summed E-state index contributed by atoms with van der Waals surface area (Å²) in [5.41, 5.74) is 3.08. The second-order valence-corrected chi connectivity index (χ2v) is 6.25. The number of pyridine rings is 1. The van der Waals surface area contributed by atoms with Crippen molar-refractivity contribution in [1.82, 2.24) is 4.98 Å². The molecule has 0 saturated heterocycles. The average molecular weight is 370 g/mol. The van der Waals surface area contributed by atoms with Gasteiger partial charge in [-0.15, -0.1) is 0 Å². The highest BCUT2D eigenvalue weighted by Gasteiger charge is 2.13. The summed E-state index contributed by atoms with van der Waals surface area (Å²) in [5.74, 6) is 7.37. The first-order chi connectivity index (χ1) is 13.8. The van der Waals surface area contributed by atoms with Gasteiger partial charge in [-0.25, -0.2) is 4.98 Å². The number of aromatic nitrogens is 1. The van der Waals surface area contributed by atoms with Gasteiger partial charge in [0.15, 0.2) is 11.5 Å². The summed E-state index contributed by atoms with van der Waals surface area (Å²) in [5, 5.41) is 2.91. The molecule has 5 nitrogen and oxygen atoms in total. The van der Waals surface area contributed by atoms with Gasteiger partial charge in [-0.3, -0.25) is 4.79 Å². The standard InChI is InChI=1S/C23H18N2O3/c26-23(16-18-8-10-21-22(15-18)28-13-12-27-21)25-20-6-3-4-17(14-20)7-9-19-5-1-2-11-24-19/h1-6,8,10-11,14-15H,12-13,16H2,(H,25,26). The van der Waals surface area contributed by atoms with Gasteiger partial charge in [-0.05, 0) is 53.9 Å². The highest BCUT2D eigenvalue weighted by atomic mass is 16.6. The molecule has 0 fully saturated rings. The Morgan fingerprint density at radius 3 is 2.71 bits per heavy atom. The van der Waals surface area contributed by atoms with Gasteiger partial charge in [0, 0.05) is 17.4 Å². The molecule has 0 unspecified atom stereocenters. The van der Waals surface area contributed by atoms with Crippen LogP contribution in [0, 0.1) is 11.8 Å². The Kier molecular flexibility index (Phi) is 5.21. The third kappa shape index (κ3) is 4.49. The van der Waals surface area contributed by atoms with E-state index >= 15 is 0 Å². The number of hydrogen-bond donors (Lipinski definition) is 1. The quantitative estimate of drug-likeness (QED) is 0.718. The maximum absolute atomic E-state index is 12.4. The molecular weight excluding hydrogens is 352 g/mol. The molecule has 3 aromatic rings. The Labute approximate surface area is 163 Å². The van der Waals surface area contributed by atoms with E-state index in [4.69, 9.17) is 9.47 Å². The monoisotopic (exact) mass is 370 g/mol. The van der Waals surface area contributed by atoms with Crippen molar-refractivity contribution in [2.24, 2.45) is 0 Å². The lowest BCUT2D eigenvalue weighted by Crippen LogP contribution is -2.17. The van der Waals surface area contributed by atoms with E-state index < -0.39 is 0 Å². The lowest BCUT2D eigenvalue weighted by molar-refractivity contribution is -0.115. The van der Waals surface area contributed by atoms with E-state index in [1.54, 1.807) is 6.20 Å². The number of rotatable bonds is 3. The molecule has 1 N–H and O–H groups in total. The lowest BCUT2D eigenvalue weighted by Gasteiger charge is -2.18. The summed E-state index contributed by atoms with van der Waals surface area (Å²) in [6, 6.07) is 18.6. The van der Waals surface area contributed by atoms with Crippen LogP contribution in [0.5, 0.6) is 11.5 Å². The second-order valence-electron chi connectivity index (χ2n) is 6.25. The number of nitrogens with zero attached hydrogens (tertiary/aromatic N) is 1. The molecule has 4 rings (SSSR count). The van der Waals surface area contributed by atoms with Crippen molar-refractivity contribution >= 4 is 11.6 Å². The van der Waals surface area contributed by atoms with Crippen LogP contribution in [0.1, 0.15) is 16.8 Å². The van der Waals surface area contributed by atoms with E-state index in [1.165, 1.54) is 0 Å². The van der Waals surface area contributed by atoms with E-state index in [0.717, 1.165) is 16.9 Å². The number of carbonyl (C=O) groups is 1. The molecule has 1 amide bonds. The van der Waals surface area contributed by atoms with Gasteiger partial charge in [0.25, 0.3) is 0 Å². The summed E-state index contributed by atoms with van der Waals surface area (Å²) in [4.78, 5) is 16.6. The number of anilines is 1. The zero-order valence-corrected chi connectivity index (χ0v) is 15.1. The SMILES string of the molecule is O=C(Cc1ccc2c(c1)OCCO2)Nc1cccc(C#Cc2ccccn2)c1.